The summed E-state index contributed by atoms with van der Waals surface area (Å²) in [5.41, 5.74) is 2.00. The first-order valence-corrected chi connectivity index (χ1v) is 13.4. The molecule has 3 aromatic rings. The lowest BCUT2D eigenvalue weighted by Gasteiger charge is -2.27. The molecule has 0 unspecified atom stereocenters. The van der Waals surface area contributed by atoms with Crippen LogP contribution in [0.5, 0.6) is 0 Å². The van der Waals surface area contributed by atoms with E-state index >= 15 is 0 Å². The maximum absolute atomic E-state index is 12.9. The third-order valence-electron chi connectivity index (χ3n) is 6.08. The molecule has 0 bridgehead atoms. The van der Waals surface area contributed by atoms with Gasteiger partial charge in [0.1, 0.15) is 0 Å². The van der Waals surface area contributed by atoms with E-state index in [-0.39, 0.29) is 16.8 Å². The Hall–Kier alpha value is -2.68. The standard InChI is InChI=1S/C25H29N3O3S2/c1-19-7-13-22(14-8-19)33(30,31)27(2)21-11-9-20(10-12-21)25(29)26-18-23(24-6-5-17-32-24)28-15-3-4-16-28/h5-14,17,23H,3-4,15-16,18H2,1-2H3,(H,26,29)/t23-/m0/s1. The van der Waals surface area contributed by atoms with E-state index in [2.05, 4.69) is 21.7 Å². The fraction of sp³-hybridized carbons (Fsp3) is 0.320. The Kier molecular flexibility index (Phi) is 7.17. The van der Waals surface area contributed by atoms with Crippen LogP contribution < -0.4 is 9.62 Å². The molecule has 0 aliphatic carbocycles. The van der Waals surface area contributed by atoms with Crippen molar-refractivity contribution in [2.45, 2.75) is 30.7 Å². The molecule has 1 aliphatic rings. The van der Waals surface area contributed by atoms with E-state index in [1.54, 1.807) is 59.9 Å². The van der Waals surface area contributed by atoms with Gasteiger partial charge >= 0.3 is 0 Å². The molecule has 0 saturated carbocycles. The van der Waals surface area contributed by atoms with E-state index in [4.69, 9.17) is 0 Å². The van der Waals surface area contributed by atoms with Gasteiger partial charge in [0.2, 0.25) is 0 Å². The molecular weight excluding hydrogens is 454 g/mol. The van der Waals surface area contributed by atoms with Crippen molar-refractivity contribution in [3.05, 3.63) is 82.0 Å². The number of hydrogen-bond donors (Lipinski definition) is 1. The molecule has 2 aromatic carbocycles. The molecule has 0 spiro atoms. The predicted octanol–water partition coefficient (Wildman–Crippen LogP) is 4.45. The summed E-state index contributed by atoms with van der Waals surface area (Å²) in [4.78, 5) is 16.7. The molecule has 1 fully saturated rings. The van der Waals surface area contributed by atoms with E-state index < -0.39 is 10.0 Å². The second-order valence-electron chi connectivity index (χ2n) is 8.32. The molecule has 8 heteroatoms. The summed E-state index contributed by atoms with van der Waals surface area (Å²) in [5, 5.41) is 5.14. The summed E-state index contributed by atoms with van der Waals surface area (Å²) in [6.07, 6.45) is 2.38. The highest BCUT2D eigenvalue weighted by Crippen LogP contribution is 2.28. The van der Waals surface area contributed by atoms with Crippen LogP contribution in [0.2, 0.25) is 0 Å². The fourth-order valence-electron chi connectivity index (χ4n) is 4.07. The van der Waals surface area contributed by atoms with Crippen LogP contribution >= 0.6 is 11.3 Å². The molecule has 1 amide bonds. The third-order valence-corrected chi connectivity index (χ3v) is 8.85. The van der Waals surface area contributed by atoms with Crippen LogP contribution in [-0.2, 0) is 10.0 Å². The van der Waals surface area contributed by atoms with Gasteiger partial charge in [-0.05, 0) is 80.7 Å². The number of sulfonamides is 1. The number of rotatable bonds is 8. The Morgan fingerprint density at radius 3 is 2.33 bits per heavy atom. The minimum Gasteiger partial charge on any atom is -0.350 e. The molecular formula is C25H29N3O3S2. The number of carbonyl (C=O) groups excluding carboxylic acids is 1. The average molecular weight is 484 g/mol. The maximum atomic E-state index is 12.9. The SMILES string of the molecule is Cc1ccc(S(=O)(=O)N(C)c2ccc(C(=O)NC[C@@H](c3cccs3)N3CCCC3)cc2)cc1. The first kappa shape index (κ1) is 23.5. The largest absolute Gasteiger partial charge is 0.350 e. The van der Waals surface area contributed by atoms with Crippen LogP contribution in [0.4, 0.5) is 5.69 Å². The Balaban J connectivity index is 1.43. The summed E-state index contributed by atoms with van der Waals surface area (Å²) >= 11 is 1.72. The van der Waals surface area contributed by atoms with Gasteiger partial charge in [0.05, 0.1) is 16.6 Å². The van der Waals surface area contributed by atoms with Crippen molar-refractivity contribution in [2.24, 2.45) is 0 Å². The molecule has 0 radical (unpaired) electrons. The zero-order chi connectivity index (χ0) is 23.4. The zero-order valence-electron chi connectivity index (χ0n) is 18.9. The van der Waals surface area contributed by atoms with Gasteiger partial charge in [0.15, 0.2) is 0 Å². The third kappa shape index (κ3) is 5.29. The molecule has 2 heterocycles. The number of hydrogen-bond acceptors (Lipinski definition) is 5. The summed E-state index contributed by atoms with van der Waals surface area (Å²) in [5.74, 6) is -0.161. The Bertz CT molecular complexity index is 1170. The van der Waals surface area contributed by atoms with Crippen molar-refractivity contribution in [1.29, 1.82) is 0 Å². The number of thiophene rings is 1. The molecule has 1 N–H and O–H groups in total. The number of aryl methyl sites for hydroxylation is 1. The number of anilines is 1. The van der Waals surface area contributed by atoms with Crippen LogP contribution in [0.15, 0.2) is 70.9 Å². The first-order valence-electron chi connectivity index (χ1n) is 11.1. The van der Waals surface area contributed by atoms with E-state index in [0.717, 1.165) is 18.7 Å². The fourth-order valence-corrected chi connectivity index (χ4v) is 6.12. The highest BCUT2D eigenvalue weighted by atomic mass is 32.2. The van der Waals surface area contributed by atoms with E-state index in [9.17, 15) is 13.2 Å². The number of nitrogens with one attached hydrogen (secondary N) is 1. The van der Waals surface area contributed by atoms with Crippen LogP contribution in [0.1, 0.15) is 39.7 Å². The highest BCUT2D eigenvalue weighted by molar-refractivity contribution is 7.92. The predicted molar refractivity (Wildman–Crippen MR) is 133 cm³/mol. The highest BCUT2D eigenvalue weighted by Gasteiger charge is 2.25. The maximum Gasteiger partial charge on any atom is 0.264 e. The lowest BCUT2D eigenvalue weighted by molar-refractivity contribution is 0.0938. The molecule has 6 nitrogen and oxygen atoms in total. The summed E-state index contributed by atoms with van der Waals surface area (Å²) < 4.78 is 27.1. The summed E-state index contributed by atoms with van der Waals surface area (Å²) in [6, 6.07) is 17.8. The van der Waals surface area contributed by atoms with Crippen LogP contribution in [0.3, 0.4) is 0 Å². The minimum absolute atomic E-state index is 0.161. The summed E-state index contributed by atoms with van der Waals surface area (Å²) in [7, 11) is -2.15. The molecule has 4 rings (SSSR count). The van der Waals surface area contributed by atoms with Gasteiger partial charge < -0.3 is 5.32 Å². The van der Waals surface area contributed by atoms with Gasteiger partial charge in [0, 0.05) is 24.0 Å². The minimum atomic E-state index is -3.67. The first-order chi connectivity index (χ1) is 15.9. The molecule has 1 saturated heterocycles. The zero-order valence-corrected chi connectivity index (χ0v) is 20.5. The van der Waals surface area contributed by atoms with E-state index in [1.807, 2.05) is 13.0 Å². The second kappa shape index (κ2) is 10.1. The van der Waals surface area contributed by atoms with Crippen molar-refractivity contribution in [3.63, 3.8) is 0 Å². The topological polar surface area (TPSA) is 69.7 Å². The van der Waals surface area contributed by atoms with Crippen LogP contribution in [0, 0.1) is 6.92 Å². The van der Waals surface area contributed by atoms with Crippen molar-refractivity contribution < 1.29 is 13.2 Å². The van der Waals surface area contributed by atoms with Crippen molar-refractivity contribution in [3.8, 4) is 0 Å². The molecule has 1 aliphatic heterocycles. The number of likely N-dealkylation sites (tertiary alicyclic amines) is 1. The number of amides is 1. The molecule has 1 aromatic heterocycles. The van der Waals surface area contributed by atoms with Gasteiger partial charge in [-0.25, -0.2) is 8.42 Å². The number of nitrogens with zero attached hydrogens (tertiary/aromatic N) is 2. The second-order valence-corrected chi connectivity index (χ2v) is 11.3. The van der Waals surface area contributed by atoms with Crippen molar-refractivity contribution in [1.82, 2.24) is 10.2 Å². The monoisotopic (exact) mass is 483 g/mol. The Morgan fingerprint density at radius 1 is 1.06 bits per heavy atom. The van der Waals surface area contributed by atoms with E-state index in [0.29, 0.717) is 17.8 Å². The lowest BCUT2D eigenvalue weighted by atomic mass is 10.1. The lowest BCUT2D eigenvalue weighted by Crippen LogP contribution is -2.36. The van der Waals surface area contributed by atoms with Gasteiger partial charge in [-0.2, -0.15) is 0 Å². The number of benzene rings is 2. The van der Waals surface area contributed by atoms with Crippen molar-refractivity contribution >= 4 is 33.0 Å². The van der Waals surface area contributed by atoms with Crippen LogP contribution in [-0.4, -0.2) is 45.9 Å². The van der Waals surface area contributed by atoms with Gasteiger partial charge in [-0.3, -0.25) is 14.0 Å². The summed E-state index contributed by atoms with van der Waals surface area (Å²) in [6.45, 7) is 4.56. The Labute approximate surface area is 199 Å². The number of carbonyl (C=O) groups is 1. The average Bonchev–Trinajstić information content (AvgIpc) is 3.54. The van der Waals surface area contributed by atoms with Gasteiger partial charge in [-0.15, -0.1) is 11.3 Å². The molecule has 174 valence electrons. The molecule has 1 atom stereocenters. The van der Waals surface area contributed by atoms with Crippen molar-refractivity contribution in [2.75, 3.05) is 31.0 Å². The van der Waals surface area contributed by atoms with Gasteiger partial charge in [-0.1, -0.05) is 23.8 Å². The smallest absolute Gasteiger partial charge is 0.264 e. The quantitative estimate of drug-likeness (QED) is 0.514. The van der Waals surface area contributed by atoms with Crippen LogP contribution in [0.25, 0.3) is 0 Å². The molecule has 33 heavy (non-hydrogen) atoms. The van der Waals surface area contributed by atoms with Gasteiger partial charge in [0.25, 0.3) is 15.9 Å². The Morgan fingerprint density at radius 2 is 1.73 bits per heavy atom. The normalized spacial score (nSPS) is 15.3. The van der Waals surface area contributed by atoms with E-state index in [1.165, 1.54) is 29.1 Å².